The highest BCUT2D eigenvalue weighted by Crippen LogP contribution is 2.30. The number of aliphatic hydroxyl groups is 1. The molecule has 0 radical (unpaired) electrons. The molecular weight excluding hydrogens is 498 g/mol. The van der Waals surface area contributed by atoms with E-state index >= 15 is 0 Å². The van der Waals surface area contributed by atoms with Gasteiger partial charge in [-0.2, -0.15) is 0 Å². The van der Waals surface area contributed by atoms with Gasteiger partial charge in [0.1, 0.15) is 28.6 Å². The van der Waals surface area contributed by atoms with Crippen molar-refractivity contribution in [1.29, 1.82) is 0 Å². The number of pyridine rings is 2. The Kier molecular flexibility index (Phi) is 7.11. The van der Waals surface area contributed by atoms with Gasteiger partial charge in [-0.1, -0.05) is 18.2 Å². The fourth-order valence-electron chi connectivity index (χ4n) is 4.34. The first-order valence-corrected chi connectivity index (χ1v) is 12.3. The standard InChI is InChI=1S/C29H27N5O5/c1-18(35)17-33-19(2)27(29(37)34(33)20-7-5-4-6-8-20)28(36)32-26-12-10-22(16-31-26)39-25-13-14-30-24-15-21(38-3)9-11-23(24)25/h4-16,18,35H,17H2,1-3H3,(H,31,32,36)/t18-/m1/s1. The molecule has 2 aromatic carbocycles. The number of carbonyl (C=O) groups is 1. The van der Waals surface area contributed by atoms with E-state index in [1.807, 2.05) is 24.3 Å². The Morgan fingerprint density at radius 2 is 1.82 bits per heavy atom. The molecule has 198 valence electrons. The number of carbonyl (C=O) groups excluding carboxylic acids is 1. The summed E-state index contributed by atoms with van der Waals surface area (Å²) in [7, 11) is 1.60. The van der Waals surface area contributed by atoms with Crippen LogP contribution in [0.1, 0.15) is 23.0 Å². The molecule has 0 fully saturated rings. The lowest BCUT2D eigenvalue weighted by molar-refractivity contribution is 0.102. The fraction of sp³-hybridized carbons (Fsp3) is 0.172. The number of rotatable bonds is 8. The van der Waals surface area contributed by atoms with Crippen molar-refractivity contribution in [2.75, 3.05) is 12.4 Å². The molecule has 2 N–H and O–H groups in total. The fourth-order valence-corrected chi connectivity index (χ4v) is 4.34. The molecule has 0 unspecified atom stereocenters. The zero-order valence-corrected chi connectivity index (χ0v) is 21.7. The Morgan fingerprint density at radius 3 is 2.51 bits per heavy atom. The van der Waals surface area contributed by atoms with E-state index in [0.717, 1.165) is 10.9 Å². The molecule has 0 saturated carbocycles. The van der Waals surface area contributed by atoms with Crippen LogP contribution in [-0.2, 0) is 6.54 Å². The van der Waals surface area contributed by atoms with Crippen molar-refractivity contribution in [2.45, 2.75) is 26.5 Å². The highest BCUT2D eigenvalue weighted by Gasteiger charge is 2.24. The minimum Gasteiger partial charge on any atom is -0.497 e. The zero-order chi connectivity index (χ0) is 27.5. The number of hydrogen-bond acceptors (Lipinski definition) is 7. The van der Waals surface area contributed by atoms with Crippen LogP contribution in [0.15, 0.2) is 83.9 Å². The molecule has 5 rings (SSSR count). The number of amides is 1. The molecule has 1 atom stereocenters. The minimum absolute atomic E-state index is 0.0275. The summed E-state index contributed by atoms with van der Waals surface area (Å²) in [6, 6.07) is 19.5. The first kappa shape index (κ1) is 25.7. The van der Waals surface area contributed by atoms with Crippen LogP contribution in [-0.4, -0.2) is 43.6 Å². The lowest BCUT2D eigenvalue weighted by Gasteiger charge is -2.15. The molecule has 39 heavy (non-hydrogen) atoms. The predicted molar refractivity (Wildman–Crippen MR) is 147 cm³/mol. The Balaban J connectivity index is 1.38. The quantitative estimate of drug-likeness (QED) is 0.309. The van der Waals surface area contributed by atoms with Crippen LogP contribution in [0.2, 0.25) is 0 Å². The van der Waals surface area contributed by atoms with E-state index in [0.29, 0.717) is 28.6 Å². The summed E-state index contributed by atoms with van der Waals surface area (Å²) in [5, 5.41) is 13.5. The predicted octanol–water partition coefficient (Wildman–Crippen LogP) is 4.32. The number of hydrogen-bond donors (Lipinski definition) is 2. The van der Waals surface area contributed by atoms with Crippen LogP contribution < -0.4 is 20.3 Å². The van der Waals surface area contributed by atoms with Gasteiger partial charge in [0, 0.05) is 17.6 Å². The number of benzene rings is 2. The third kappa shape index (κ3) is 5.23. The van der Waals surface area contributed by atoms with Gasteiger partial charge >= 0.3 is 0 Å². The smallest absolute Gasteiger partial charge is 0.284 e. The minimum atomic E-state index is -0.727. The van der Waals surface area contributed by atoms with Gasteiger partial charge in [0.05, 0.1) is 42.9 Å². The monoisotopic (exact) mass is 525 g/mol. The Hall–Kier alpha value is -4.96. The normalized spacial score (nSPS) is 11.8. The summed E-state index contributed by atoms with van der Waals surface area (Å²) >= 11 is 0. The second kappa shape index (κ2) is 10.8. The molecule has 0 spiro atoms. The molecule has 0 aliphatic heterocycles. The lowest BCUT2D eigenvalue weighted by Crippen LogP contribution is -2.27. The van der Waals surface area contributed by atoms with Crippen molar-refractivity contribution < 1.29 is 19.4 Å². The molecule has 5 aromatic rings. The maximum Gasteiger partial charge on any atom is 0.284 e. The summed E-state index contributed by atoms with van der Waals surface area (Å²) in [4.78, 5) is 35.3. The molecule has 1 amide bonds. The van der Waals surface area contributed by atoms with E-state index in [-0.39, 0.29) is 17.9 Å². The number of methoxy groups -OCH3 is 1. The van der Waals surface area contributed by atoms with Crippen LogP contribution in [0.5, 0.6) is 17.2 Å². The van der Waals surface area contributed by atoms with Gasteiger partial charge in [-0.15, -0.1) is 0 Å². The summed E-state index contributed by atoms with van der Waals surface area (Å²) in [6.07, 6.45) is 2.40. The average Bonchev–Trinajstić information content (AvgIpc) is 3.18. The van der Waals surface area contributed by atoms with E-state index in [9.17, 15) is 14.7 Å². The molecular formula is C29H27N5O5. The highest BCUT2D eigenvalue weighted by atomic mass is 16.5. The van der Waals surface area contributed by atoms with Crippen LogP contribution in [0.4, 0.5) is 5.82 Å². The van der Waals surface area contributed by atoms with Crippen molar-refractivity contribution in [2.24, 2.45) is 0 Å². The van der Waals surface area contributed by atoms with Gasteiger partial charge in [-0.05, 0) is 56.3 Å². The van der Waals surface area contributed by atoms with Crippen molar-refractivity contribution in [1.82, 2.24) is 19.3 Å². The second-order valence-electron chi connectivity index (χ2n) is 8.97. The Labute approximate surface area is 224 Å². The van der Waals surface area contributed by atoms with Crippen molar-refractivity contribution >= 4 is 22.6 Å². The number of aliphatic hydroxyl groups excluding tert-OH is 1. The number of aromatic nitrogens is 4. The van der Waals surface area contributed by atoms with Crippen molar-refractivity contribution in [3.8, 4) is 22.9 Å². The van der Waals surface area contributed by atoms with Gasteiger partial charge in [0.2, 0.25) is 0 Å². The number of fused-ring (bicyclic) bond motifs is 1. The van der Waals surface area contributed by atoms with Crippen molar-refractivity contribution in [3.63, 3.8) is 0 Å². The number of nitrogens with one attached hydrogen (secondary N) is 1. The van der Waals surface area contributed by atoms with Gasteiger partial charge in [0.15, 0.2) is 0 Å². The largest absolute Gasteiger partial charge is 0.497 e. The SMILES string of the molecule is COc1ccc2c(Oc3ccc(NC(=O)c4c(C)n(C[C@@H](C)O)n(-c5ccccc5)c4=O)nc3)ccnc2c1. The van der Waals surface area contributed by atoms with Crippen LogP contribution >= 0.6 is 0 Å². The molecule has 0 aliphatic rings. The molecule has 3 aromatic heterocycles. The van der Waals surface area contributed by atoms with E-state index in [1.54, 1.807) is 74.3 Å². The third-order valence-electron chi connectivity index (χ3n) is 6.18. The maximum absolute atomic E-state index is 13.4. The first-order valence-electron chi connectivity index (χ1n) is 12.3. The van der Waals surface area contributed by atoms with E-state index in [1.165, 1.54) is 10.9 Å². The lowest BCUT2D eigenvalue weighted by atomic mass is 10.2. The third-order valence-corrected chi connectivity index (χ3v) is 6.18. The van der Waals surface area contributed by atoms with E-state index in [4.69, 9.17) is 9.47 Å². The van der Waals surface area contributed by atoms with Crippen LogP contribution in [0.3, 0.4) is 0 Å². The number of para-hydroxylation sites is 1. The molecule has 3 heterocycles. The number of nitrogens with zero attached hydrogens (tertiary/aromatic N) is 4. The topological polar surface area (TPSA) is 120 Å². The van der Waals surface area contributed by atoms with Gasteiger partial charge in [-0.3, -0.25) is 19.3 Å². The van der Waals surface area contributed by atoms with Gasteiger partial charge in [-0.25, -0.2) is 9.67 Å². The number of anilines is 1. The van der Waals surface area contributed by atoms with Gasteiger partial charge < -0.3 is 19.9 Å². The molecule has 0 saturated heterocycles. The Morgan fingerprint density at radius 1 is 1.05 bits per heavy atom. The molecule has 0 aliphatic carbocycles. The average molecular weight is 526 g/mol. The second-order valence-corrected chi connectivity index (χ2v) is 8.97. The molecule has 10 nitrogen and oxygen atoms in total. The van der Waals surface area contributed by atoms with E-state index < -0.39 is 17.6 Å². The van der Waals surface area contributed by atoms with Gasteiger partial charge in [0.25, 0.3) is 11.5 Å². The maximum atomic E-state index is 13.4. The number of ether oxygens (including phenoxy) is 2. The summed E-state index contributed by atoms with van der Waals surface area (Å²) in [5.41, 5.74) is 1.23. The van der Waals surface area contributed by atoms with Crippen LogP contribution in [0, 0.1) is 6.92 Å². The summed E-state index contributed by atoms with van der Waals surface area (Å²) < 4.78 is 14.3. The van der Waals surface area contributed by atoms with E-state index in [2.05, 4.69) is 15.3 Å². The zero-order valence-electron chi connectivity index (χ0n) is 21.7. The molecule has 0 bridgehead atoms. The highest BCUT2D eigenvalue weighted by molar-refractivity contribution is 6.04. The Bertz CT molecular complexity index is 1690. The van der Waals surface area contributed by atoms with Crippen LogP contribution in [0.25, 0.3) is 16.6 Å². The summed E-state index contributed by atoms with van der Waals surface area (Å²) in [6.45, 7) is 3.44. The first-order chi connectivity index (χ1) is 18.9. The van der Waals surface area contributed by atoms with Crippen molar-refractivity contribution in [3.05, 3.63) is 101 Å². The molecule has 10 heteroatoms. The summed E-state index contributed by atoms with van der Waals surface area (Å²) in [5.74, 6) is 1.41.